The summed E-state index contributed by atoms with van der Waals surface area (Å²) in [6.07, 6.45) is 8.97. The summed E-state index contributed by atoms with van der Waals surface area (Å²) >= 11 is 1.65. The van der Waals surface area contributed by atoms with E-state index in [0.717, 1.165) is 35.2 Å². The number of aryl methyl sites for hydroxylation is 1. The van der Waals surface area contributed by atoms with Crippen LogP contribution >= 0.6 is 11.3 Å². The van der Waals surface area contributed by atoms with Gasteiger partial charge in [0.1, 0.15) is 0 Å². The smallest absolute Gasteiger partial charge is 0.250 e. The first-order chi connectivity index (χ1) is 9.79. The first kappa shape index (κ1) is 13.5. The molecule has 6 heteroatoms. The Morgan fingerprint density at radius 2 is 2.25 bits per heavy atom. The van der Waals surface area contributed by atoms with Crippen LogP contribution in [0.5, 0.6) is 0 Å². The topological polar surface area (TPSA) is 63.8 Å². The van der Waals surface area contributed by atoms with Crippen molar-refractivity contribution in [2.45, 2.75) is 26.2 Å². The minimum absolute atomic E-state index is 0.569. The van der Waals surface area contributed by atoms with Crippen LogP contribution in [0.1, 0.15) is 34.4 Å². The highest BCUT2D eigenvalue weighted by molar-refractivity contribution is 7.12. The number of thiazole rings is 1. The molecule has 2 aromatic heterocycles. The Balaban J connectivity index is 1.60. The summed E-state index contributed by atoms with van der Waals surface area (Å²) in [6, 6.07) is 0. The van der Waals surface area contributed by atoms with Gasteiger partial charge in [-0.2, -0.15) is 4.98 Å². The molecule has 1 saturated heterocycles. The molecule has 0 aliphatic carbocycles. The lowest BCUT2D eigenvalue weighted by Crippen LogP contribution is -2.28. The van der Waals surface area contributed by atoms with Crippen LogP contribution in [0.4, 0.5) is 0 Å². The van der Waals surface area contributed by atoms with E-state index in [4.69, 9.17) is 4.52 Å². The molecule has 3 heterocycles. The van der Waals surface area contributed by atoms with Crippen LogP contribution in [0.2, 0.25) is 0 Å². The van der Waals surface area contributed by atoms with Gasteiger partial charge in [-0.3, -0.25) is 0 Å². The lowest BCUT2D eigenvalue weighted by atomic mass is 9.94. The Bertz CT molecular complexity index is 584. The third kappa shape index (κ3) is 3.52. The average molecular weight is 290 g/mol. The number of hydrogen-bond acceptors (Lipinski definition) is 6. The van der Waals surface area contributed by atoms with Crippen LogP contribution in [0, 0.1) is 12.8 Å². The van der Waals surface area contributed by atoms with Crippen molar-refractivity contribution in [3.63, 3.8) is 0 Å². The molecule has 0 unspecified atom stereocenters. The van der Waals surface area contributed by atoms with Gasteiger partial charge in [0.05, 0.1) is 5.01 Å². The van der Waals surface area contributed by atoms with Crippen LogP contribution in [-0.2, 0) is 6.42 Å². The summed E-state index contributed by atoms with van der Waals surface area (Å²) in [7, 11) is 0. The van der Waals surface area contributed by atoms with Crippen molar-refractivity contribution in [1.29, 1.82) is 0 Å². The molecular weight excluding hydrogens is 272 g/mol. The molecule has 0 spiro atoms. The highest BCUT2D eigenvalue weighted by Gasteiger charge is 2.16. The fourth-order valence-corrected chi connectivity index (χ4v) is 3.06. The first-order valence-electron chi connectivity index (χ1n) is 6.93. The van der Waals surface area contributed by atoms with E-state index in [1.54, 1.807) is 11.3 Å². The van der Waals surface area contributed by atoms with Crippen molar-refractivity contribution in [1.82, 2.24) is 20.4 Å². The van der Waals surface area contributed by atoms with Gasteiger partial charge in [0.2, 0.25) is 0 Å². The molecule has 0 radical (unpaired) electrons. The molecule has 1 fully saturated rings. The average Bonchev–Trinajstić information content (AvgIpc) is 3.07. The number of nitrogens with one attached hydrogen (secondary N) is 1. The summed E-state index contributed by atoms with van der Waals surface area (Å²) in [5.74, 6) is 2.06. The molecular formula is C14H18N4OS. The van der Waals surface area contributed by atoms with Crippen molar-refractivity contribution < 1.29 is 4.52 Å². The Kier molecular flexibility index (Phi) is 4.22. The van der Waals surface area contributed by atoms with Crippen LogP contribution in [0.25, 0.3) is 12.2 Å². The third-order valence-corrected chi connectivity index (χ3v) is 4.32. The van der Waals surface area contributed by atoms with Crippen molar-refractivity contribution in [2.75, 3.05) is 13.1 Å². The second-order valence-corrected chi connectivity index (χ2v) is 6.33. The zero-order valence-electron chi connectivity index (χ0n) is 11.5. The van der Waals surface area contributed by atoms with Gasteiger partial charge in [0, 0.05) is 23.6 Å². The minimum Gasteiger partial charge on any atom is -0.335 e. The van der Waals surface area contributed by atoms with Crippen LogP contribution in [0.15, 0.2) is 10.7 Å². The third-order valence-electron chi connectivity index (χ3n) is 3.44. The summed E-state index contributed by atoms with van der Waals surface area (Å²) < 4.78 is 5.26. The van der Waals surface area contributed by atoms with E-state index in [0.29, 0.717) is 11.8 Å². The van der Waals surface area contributed by atoms with Gasteiger partial charge in [-0.1, -0.05) is 5.16 Å². The zero-order chi connectivity index (χ0) is 13.8. The van der Waals surface area contributed by atoms with E-state index in [2.05, 4.69) is 20.4 Å². The van der Waals surface area contributed by atoms with Gasteiger partial charge in [-0.15, -0.1) is 11.3 Å². The number of nitrogens with zero attached hydrogens (tertiary/aromatic N) is 3. The fraction of sp³-hybridized carbons (Fsp3) is 0.500. The number of hydrogen-bond donors (Lipinski definition) is 1. The predicted octanol–water partition coefficient (Wildman–Crippen LogP) is 2.55. The molecule has 0 atom stereocenters. The SMILES string of the molecule is Cc1ncc(/C=C/c2nc(CC3CCNCC3)no2)s1. The first-order valence-corrected chi connectivity index (χ1v) is 7.75. The van der Waals surface area contributed by atoms with E-state index < -0.39 is 0 Å². The molecule has 3 rings (SSSR count). The molecule has 1 aliphatic rings. The number of rotatable bonds is 4. The standard InChI is InChI=1S/C14H18N4OS/c1-10-16-9-12(20-10)2-3-14-17-13(18-19-14)8-11-4-6-15-7-5-11/h2-3,9,11,15H,4-8H2,1H3/b3-2+. The number of piperidine rings is 1. The van der Waals surface area contributed by atoms with Gasteiger partial charge >= 0.3 is 0 Å². The number of aromatic nitrogens is 3. The quantitative estimate of drug-likeness (QED) is 0.937. The van der Waals surface area contributed by atoms with Crippen molar-refractivity contribution in [3.8, 4) is 0 Å². The van der Waals surface area contributed by atoms with Gasteiger partial charge in [-0.25, -0.2) is 4.98 Å². The fourth-order valence-electron chi connectivity index (χ4n) is 2.37. The monoisotopic (exact) mass is 290 g/mol. The van der Waals surface area contributed by atoms with Gasteiger partial charge < -0.3 is 9.84 Å². The van der Waals surface area contributed by atoms with Crippen LogP contribution in [-0.4, -0.2) is 28.2 Å². The summed E-state index contributed by atoms with van der Waals surface area (Å²) in [4.78, 5) is 9.73. The summed E-state index contributed by atoms with van der Waals surface area (Å²) in [6.45, 7) is 4.19. The Hall–Kier alpha value is -1.53. The van der Waals surface area contributed by atoms with E-state index in [-0.39, 0.29) is 0 Å². The van der Waals surface area contributed by atoms with E-state index in [9.17, 15) is 0 Å². The van der Waals surface area contributed by atoms with Crippen LogP contribution < -0.4 is 5.32 Å². The highest BCUT2D eigenvalue weighted by Crippen LogP contribution is 2.18. The maximum Gasteiger partial charge on any atom is 0.250 e. The second kappa shape index (κ2) is 6.28. The normalized spacial score (nSPS) is 17.1. The van der Waals surface area contributed by atoms with Gasteiger partial charge in [0.15, 0.2) is 5.82 Å². The Morgan fingerprint density at radius 3 is 3.00 bits per heavy atom. The molecule has 1 aliphatic heterocycles. The molecule has 0 saturated carbocycles. The maximum absolute atomic E-state index is 5.26. The van der Waals surface area contributed by atoms with E-state index in [1.165, 1.54) is 12.8 Å². The molecule has 0 amide bonds. The molecule has 5 nitrogen and oxygen atoms in total. The van der Waals surface area contributed by atoms with Gasteiger partial charge in [0.25, 0.3) is 5.89 Å². The van der Waals surface area contributed by atoms with Gasteiger partial charge in [-0.05, 0) is 44.8 Å². The molecule has 0 bridgehead atoms. The van der Waals surface area contributed by atoms with Crippen LogP contribution in [0.3, 0.4) is 0 Å². The highest BCUT2D eigenvalue weighted by atomic mass is 32.1. The Labute approximate surface area is 122 Å². The predicted molar refractivity (Wildman–Crippen MR) is 79.4 cm³/mol. The second-order valence-electron chi connectivity index (χ2n) is 5.06. The van der Waals surface area contributed by atoms with Crippen molar-refractivity contribution in [3.05, 3.63) is 27.8 Å². The molecule has 20 heavy (non-hydrogen) atoms. The summed E-state index contributed by atoms with van der Waals surface area (Å²) in [5, 5.41) is 8.48. The van der Waals surface area contributed by atoms with Crippen molar-refractivity contribution in [2.24, 2.45) is 5.92 Å². The lowest BCUT2D eigenvalue weighted by Gasteiger charge is -2.20. The molecule has 2 aromatic rings. The molecule has 1 N–H and O–H groups in total. The lowest BCUT2D eigenvalue weighted by molar-refractivity contribution is 0.354. The Morgan fingerprint density at radius 1 is 1.40 bits per heavy atom. The van der Waals surface area contributed by atoms with E-state index in [1.807, 2.05) is 25.3 Å². The molecule has 0 aromatic carbocycles. The largest absolute Gasteiger partial charge is 0.335 e. The maximum atomic E-state index is 5.26. The van der Waals surface area contributed by atoms with E-state index >= 15 is 0 Å². The molecule has 106 valence electrons. The summed E-state index contributed by atoms with van der Waals surface area (Å²) in [5.41, 5.74) is 0. The zero-order valence-corrected chi connectivity index (χ0v) is 12.3. The minimum atomic E-state index is 0.569. The van der Waals surface area contributed by atoms with Crippen molar-refractivity contribution >= 4 is 23.5 Å².